The lowest BCUT2D eigenvalue weighted by molar-refractivity contribution is 0.382. The zero-order valence-corrected chi connectivity index (χ0v) is 23.8. The lowest BCUT2D eigenvalue weighted by atomic mass is 9.35. The number of ether oxygens (including phenoxy) is 1. The molecule has 0 atom stereocenters. The van der Waals surface area contributed by atoms with Gasteiger partial charge in [-0.25, -0.2) is 43.9 Å². The Morgan fingerprint density at radius 1 is 0.375 bits per heavy atom. The number of halogens is 10. The van der Waals surface area contributed by atoms with E-state index in [0.29, 0.717) is 27.7 Å². The highest BCUT2D eigenvalue weighted by molar-refractivity contribution is 6.97. The van der Waals surface area contributed by atoms with E-state index in [-0.39, 0.29) is 16.2 Å². The third-order valence-electron chi connectivity index (χ3n) is 8.77. The highest BCUT2D eigenvalue weighted by atomic mass is 19.2. The van der Waals surface area contributed by atoms with Gasteiger partial charge in [-0.15, -0.1) is 0 Å². The van der Waals surface area contributed by atoms with Gasteiger partial charge in [0.2, 0.25) is 0 Å². The van der Waals surface area contributed by atoms with Gasteiger partial charge in [0.25, 0.3) is 6.71 Å². The van der Waals surface area contributed by atoms with Crippen LogP contribution < -0.4 is 21.1 Å². The van der Waals surface area contributed by atoms with Gasteiger partial charge in [0.05, 0.1) is 0 Å². The fourth-order valence-corrected chi connectivity index (χ4v) is 6.69. The van der Waals surface area contributed by atoms with Crippen molar-refractivity contribution in [2.45, 2.75) is 0 Å². The molecule has 48 heavy (non-hydrogen) atoms. The summed E-state index contributed by atoms with van der Waals surface area (Å²) >= 11 is 0. The number of fused-ring (bicyclic) bond motifs is 6. The quantitative estimate of drug-likeness (QED) is 0.0605. The Labute approximate surface area is 263 Å². The second kappa shape index (κ2) is 10.5. The van der Waals surface area contributed by atoms with Crippen molar-refractivity contribution in [1.82, 2.24) is 0 Å². The van der Waals surface area contributed by atoms with E-state index in [1.165, 1.54) is 18.2 Å². The minimum atomic E-state index is -2.73. The molecule has 0 spiro atoms. The van der Waals surface area contributed by atoms with Crippen molar-refractivity contribution in [1.29, 1.82) is 0 Å². The Morgan fingerprint density at radius 3 is 1.44 bits per heavy atom. The van der Waals surface area contributed by atoms with Crippen LogP contribution in [0.5, 0.6) is 11.5 Å². The number of para-hydroxylation sites is 1. The zero-order chi connectivity index (χ0) is 33.8. The number of rotatable bonds is 3. The molecule has 236 valence electrons. The molecule has 0 aliphatic carbocycles. The van der Waals surface area contributed by atoms with E-state index < -0.39 is 81.3 Å². The summed E-state index contributed by atoms with van der Waals surface area (Å²) in [4.78, 5) is 0. The van der Waals surface area contributed by atoms with Crippen molar-refractivity contribution in [2.24, 2.45) is 0 Å². The van der Waals surface area contributed by atoms with Crippen LogP contribution in [0.15, 0.2) is 78.9 Å². The Morgan fingerprint density at radius 2 is 0.833 bits per heavy atom. The lowest BCUT2D eigenvalue weighted by Crippen LogP contribution is -2.58. The van der Waals surface area contributed by atoms with E-state index in [4.69, 9.17) is 4.74 Å². The molecule has 1 aliphatic rings. The van der Waals surface area contributed by atoms with Gasteiger partial charge in [-0.2, -0.15) is 0 Å². The van der Waals surface area contributed by atoms with Gasteiger partial charge >= 0.3 is 0 Å². The van der Waals surface area contributed by atoms with Crippen molar-refractivity contribution in [3.8, 4) is 22.6 Å². The van der Waals surface area contributed by atoms with E-state index >= 15 is 17.6 Å². The van der Waals surface area contributed by atoms with Crippen LogP contribution in [0.2, 0.25) is 0 Å². The summed E-state index contributed by atoms with van der Waals surface area (Å²) in [5.41, 5.74) is -2.67. The SMILES string of the molecule is Fc1c(F)c(F)c(B(c2c(F)c(F)c(F)c(F)c2F)c2cc3c4cccc5c4c(cc3c3ccccc23)-c2ccccc2O5)c(F)c1F. The summed E-state index contributed by atoms with van der Waals surface area (Å²) in [6.07, 6.45) is 0. The molecule has 0 unspecified atom stereocenters. The Kier molecular flexibility index (Phi) is 6.53. The highest BCUT2D eigenvalue weighted by Crippen LogP contribution is 2.49. The molecule has 8 rings (SSSR count). The average molecular weight is 662 g/mol. The lowest BCUT2D eigenvalue weighted by Gasteiger charge is -2.25. The maximum Gasteiger partial charge on any atom is 0.257 e. The molecule has 0 fully saturated rings. The van der Waals surface area contributed by atoms with Gasteiger partial charge in [-0.05, 0) is 50.7 Å². The Bertz CT molecular complexity index is 2440. The fourth-order valence-electron chi connectivity index (χ4n) is 6.69. The van der Waals surface area contributed by atoms with Crippen LogP contribution in [-0.4, -0.2) is 6.71 Å². The van der Waals surface area contributed by atoms with Crippen LogP contribution in [0.1, 0.15) is 0 Å². The summed E-state index contributed by atoms with van der Waals surface area (Å²) < 4.78 is 156. The molecule has 1 aliphatic heterocycles. The molecule has 7 aromatic rings. The monoisotopic (exact) mass is 662 g/mol. The van der Waals surface area contributed by atoms with Gasteiger partial charge in [-0.1, -0.05) is 66.1 Å². The molecular weight excluding hydrogens is 649 g/mol. The molecule has 1 heterocycles. The summed E-state index contributed by atoms with van der Waals surface area (Å²) in [7, 11) is 0. The van der Waals surface area contributed by atoms with E-state index in [2.05, 4.69) is 0 Å². The molecular formula is C36H13BF10O. The summed E-state index contributed by atoms with van der Waals surface area (Å²) in [6.45, 7) is -2.73. The van der Waals surface area contributed by atoms with E-state index in [1.807, 2.05) is 6.07 Å². The van der Waals surface area contributed by atoms with Crippen molar-refractivity contribution < 1.29 is 48.6 Å². The normalized spacial score (nSPS) is 12.1. The Hall–Kier alpha value is -5.52. The molecule has 7 aromatic carbocycles. The van der Waals surface area contributed by atoms with Gasteiger partial charge < -0.3 is 4.74 Å². The molecule has 1 nitrogen and oxygen atoms in total. The highest BCUT2D eigenvalue weighted by Gasteiger charge is 2.41. The summed E-state index contributed by atoms with van der Waals surface area (Å²) in [6, 6.07) is 21.0. The third kappa shape index (κ3) is 3.95. The first-order valence-electron chi connectivity index (χ1n) is 14.2. The largest absolute Gasteiger partial charge is 0.456 e. The first-order valence-corrected chi connectivity index (χ1v) is 14.2. The van der Waals surface area contributed by atoms with Crippen LogP contribution in [0.25, 0.3) is 43.4 Å². The average Bonchev–Trinajstić information content (AvgIpc) is 3.10. The predicted octanol–water partition coefficient (Wildman–Crippen LogP) is 8.83. The third-order valence-corrected chi connectivity index (χ3v) is 8.77. The zero-order valence-electron chi connectivity index (χ0n) is 23.8. The van der Waals surface area contributed by atoms with Crippen LogP contribution in [0.4, 0.5) is 43.9 Å². The number of hydrogen-bond acceptors (Lipinski definition) is 1. The summed E-state index contributed by atoms with van der Waals surface area (Å²) in [5, 5.41) is 2.05. The summed E-state index contributed by atoms with van der Waals surface area (Å²) in [5.74, 6) is -24.1. The van der Waals surface area contributed by atoms with E-state index in [0.717, 1.165) is 11.1 Å². The van der Waals surface area contributed by atoms with Crippen LogP contribution >= 0.6 is 0 Å². The number of benzene rings is 7. The maximum atomic E-state index is 15.6. The molecule has 0 amide bonds. The molecule has 0 radical (unpaired) electrons. The molecule has 0 N–H and O–H groups in total. The molecule has 0 saturated carbocycles. The molecule has 0 aromatic heterocycles. The molecule has 0 saturated heterocycles. The van der Waals surface area contributed by atoms with Crippen molar-refractivity contribution in [3.63, 3.8) is 0 Å². The van der Waals surface area contributed by atoms with Gasteiger partial charge in [0.15, 0.2) is 58.2 Å². The first-order chi connectivity index (χ1) is 23.0. The standard InChI is InChI=1S/C36H13BF10O/c38-27-25(28(39)32(43)35(46)31(27)42)37(26-29(40)33(44)36(47)34(45)30(26)41)21-13-19-17-9-5-11-23-24(17)20(16-8-3-4-10-22(16)48-23)12-18(19)14-6-1-2-7-15(14)21/h1-13H. The smallest absolute Gasteiger partial charge is 0.257 e. The van der Waals surface area contributed by atoms with Crippen molar-refractivity contribution in [3.05, 3.63) is 137 Å². The second-order valence-corrected chi connectivity index (χ2v) is 11.2. The number of hydrogen-bond donors (Lipinski definition) is 0. The van der Waals surface area contributed by atoms with Crippen LogP contribution in [0, 0.1) is 58.2 Å². The molecule has 0 bridgehead atoms. The van der Waals surface area contributed by atoms with Crippen LogP contribution in [-0.2, 0) is 0 Å². The van der Waals surface area contributed by atoms with E-state index in [1.54, 1.807) is 54.6 Å². The van der Waals surface area contributed by atoms with Crippen molar-refractivity contribution in [2.75, 3.05) is 0 Å². The minimum Gasteiger partial charge on any atom is -0.456 e. The topological polar surface area (TPSA) is 9.23 Å². The van der Waals surface area contributed by atoms with Crippen molar-refractivity contribution >= 4 is 55.4 Å². The maximum absolute atomic E-state index is 15.6. The minimum absolute atomic E-state index is 0.0223. The second-order valence-electron chi connectivity index (χ2n) is 11.2. The van der Waals surface area contributed by atoms with Crippen LogP contribution in [0.3, 0.4) is 0 Å². The van der Waals surface area contributed by atoms with Gasteiger partial charge in [-0.3, -0.25) is 0 Å². The van der Waals surface area contributed by atoms with Gasteiger partial charge in [0, 0.05) is 21.9 Å². The Balaban J connectivity index is 1.59. The fraction of sp³-hybridized carbons (Fsp3) is 0. The van der Waals surface area contributed by atoms with E-state index in [9.17, 15) is 26.3 Å². The van der Waals surface area contributed by atoms with Gasteiger partial charge in [0.1, 0.15) is 11.5 Å². The molecule has 12 heteroatoms. The predicted molar refractivity (Wildman–Crippen MR) is 162 cm³/mol. The first kappa shape index (κ1) is 29.9.